The van der Waals surface area contributed by atoms with Crippen LogP contribution in [0.15, 0.2) is 58.4 Å². The molecule has 1 aliphatic rings. The van der Waals surface area contributed by atoms with Crippen LogP contribution in [0.4, 0.5) is 17.1 Å². The van der Waals surface area contributed by atoms with E-state index in [9.17, 15) is 25.0 Å². The van der Waals surface area contributed by atoms with Crippen LogP contribution in [0.5, 0.6) is 0 Å². The number of benzene rings is 2. The van der Waals surface area contributed by atoms with Gasteiger partial charge in [-0.1, -0.05) is 0 Å². The minimum Gasteiger partial charge on any atom is -0.300 e. The third-order valence-corrected chi connectivity index (χ3v) is 4.25. The van der Waals surface area contributed by atoms with Gasteiger partial charge in [0, 0.05) is 24.3 Å². The number of carbonyl (C=O) groups excluding carboxylic acids is 1. The molecule has 0 aliphatic carbocycles. The summed E-state index contributed by atoms with van der Waals surface area (Å²) in [6.45, 7) is 0. The zero-order valence-electron chi connectivity index (χ0n) is 13.0. The topological polar surface area (TPSA) is 128 Å². The summed E-state index contributed by atoms with van der Waals surface area (Å²) < 4.78 is 0. The molecule has 1 amide bonds. The molecule has 3 rings (SSSR count). The van der Waals surface area contributed by atoms with Gasteiger partial charge < -0.3 is 5.32 Å². The molecule has 26 heavy (non-hydrogen) atoms. The van der Waals surface area contributed by atoms with E-state index >= 15 is 0 Å². The standard InChI is InChI=1S/C16H10N4O5S/c21-15-14(9-10-1-5-12(6-2-10)19(22)23)26-16(18-15)17-11-3-7-13(8-4-11)20(24)25/h1-9H,(H,17,18,21)/b14-9-. The van der Waals surface area contributed by atoms with Crippen LogP contribution >= 0.6 is 11.8 Å². The molecule has 1 aliphatic heterocycles. The number of amides is 1. The second-order valence-electron chi connectivity index (χ2n) is 5.10. The molecule has 0 spiro atoms. The van der Waals surface area contributed by atoms with Crippen LogP contribution < -0.4 is 5.32 Å². The lowest BCUT2D eigenvalue weighted by atomic mass is 10.2. The van der Waals surface area contributed by atoms with Crippen molar-refractivity contribution in [1.29, 1.82) is 0 Å². The van der Waals surface area contributed by atoms with Crippen molar-refractivity contribution in [1.82, 2.24) is 5.32 Å². The Kier molecular flexibility index (Phi) is 4.76. The first-order valence-electron chi connectivity index (χ1n) is 7.21. The molecule has 9 nitrogen and oxygen atoms in total. The number of nitro benzene ring substituents is 2. The first kappa shape index (κ1) is 17.3. The van der Waals surface area contributed by atoms with Gasteiger partial charge in [0.2, 0.25) is 0 Å². The fourth-order valence-electron chi connectivity index (χ4n) is 2.09. The summed E-state index contributed by atoms with van der Waals surface area (Å²) in [6.07, 6.45) is 1.60. The van der Waals surface area contributed by atoms with Crippen molar-refractivity contribution in [3.63, 3.8) is 0 Å². The predicted molar refractivity (Wildman–Crippen MR) is 97.0 cm³/mol. The van der Waals surface area contributed by atoms with Crippen molar-refractivity contribution < 1.29 is 14.6 Å². The maximum absolute atomic E-state index is 12.0. The number of nitro groups is 2. The number of hydrogen-bond donors (Lipinski definition) is 1. The highest BCUT2D eigenvalue weighted by atomic mass is 32.2. The predicted octanol–water partition coefficient (Wildman–Crippen LogP) is 3.39. The first-order valence-corrected chi connectivity index (χ1v) is 8.02. The Hall–Kier alpha value is -3.53. The Morgan fingerprint density at radius 1 is 0.923 bits per heavy atom. The molecular weight excluding hydrogens is 360 g/mol. The average Bonchev–Trinajstić information content (AvgIpc) is 2.95. The number of nitrogens with zero attached hydrogens (tertiary/aromatic N) is 3. The van der Waals surface area contributed by atoms with Crippen molar-refractivity contribution in [2.24, 2.45) is 4.99 Å². The van der Waals surface area contributed by atoms with Crippen LogP contribution in [0.2, 0.25) is 0 Å². The van der Waals surface area contributed by atoms with E-state index in [0.717, 1.165) is 11.8 Å². The van der Waals surface area contributed by atoms with Gasteiger partial charge in [-0.2, -0.15) is 0 Å². The number of aliphatic imine (C=N–C) groups is 1. The van der Waals surface area contributed by atoms with Gasteiger partial charge >= 0.3 is 0 Å². The zero-order chi connectivity index (χ0) is 18.7. The second kappa shape index (κ2) is 7.15. The van der Waals surface area contributed by atoms with E-state index in [1.165, 1.54) is 36.4 Å². The Morgan fingerprint density at radius 2 is 1.46 bits per heavy atom. The van der Waals surface area contributed by atoms with Gasteiger partial charge in [0.15, 0.2) is 5.17 Å². The molecule has 0 atom stereocenters. The van der Waals surface area contributed by atoms with Crippen molar-refractivity contribution in [3.8, 4) is 0 Å². The number of carbonyl (C=O) groups is 1. The number of non-ortho nitro benzene ring substituents is 2. The minimum atomic E-state index is -0.506. The third kappa shape index (κ3) is 3.92. The van der Waals surface area contributed by atoms with Gasteiger partial charge in [0.25, 0.3) is 17.3 Å². The number of amidine groups is 1. The average molecular weight is 370 g/mol. The van der Waals surface area contributed by atoms with E-state index in [4.69, 9.17) is 0 Å². The number of nitrogens with one attached hydrogen (secondary N) is 1. The van der Waals surface area contributed by atoms with Gasteiger partial charge in [0.05, 0.1) is 20.4 Å². The molecule has 2 aromatic carbocycles. The molecule has 130 valence electrons. The van der Waals surface area contributed by atoms with Crippen molar-refractivity contribution in [3.05, 3.63) is 79.2 Å². The number of hydrogen-bond acceptors (Lipinski definition) is 7. The summed E-state index contributed by atoms with van der Waals surface area (Å²) >= 11 is 1.11. The second-order valence-corrected chi connectivity index (χ2v) is 6.13. The van der Waals surface area contributed by atoms with Crippen LogP contribution in [0.25, 0.3) is 6.08 Å². The van der Waals surface area contributed by atoms with Gasteiger partial charge in [-0.15, -0.1) is 0 Å². The van der Waals surface area contributed by atoms with Crippen molar-refractivity contribution >= 4 is 46.0 Å². The summed E-state index contributed by atoms with van der Waals surface area (Å²) in [7, 11) is 0. The van der Waals surface area contributed by atoms with E-state index < -0.39 is 9.85 Å². The van der Waals surface area contributed by atoms with E-state index in [1.54, 1.807) is 18.2 Å². The maximum Gasteiger partial charge on any atom is 0.269 e. The third-order valence-electron chi connectivity index (χ3n) is 3.34. The molecule has 10 heteroatoms. The van der Waals surface area contributed by atoms with Gasteiger partial charge in [0.1, 0.15) is 0 Å². The van der Waals surface area contributed by atoms with E-state index in [2.05, 4.69) is 10.3 Å². The lowest BCUT2D eigenvalue weighted by Crippen LogP contribution is -2.19. The quantitative estimate of drug-likeness (QED) is 0.499. The molecule has 1 saturated heterocycles. The van der Waals surface area contributed by atoms with Crippen LogP contribution in [0.1, 0.15) is 5.56 Å². The Balaban J connectivity index is 1.77. The fourth-order valence-corrected chi connectivity index (χ4v) is 2.93. The zero-order valence-corrected chi connectivity index (χ0v) is 13.8. The highest BCUT2D eigenvalue weighted by Gasteiger charge is 2.24. The molecule has 0 radical (unpaired) electrons. The number of rotatable bonds is 4. The fraction of sp³-hybridized carbons (Fsp3) is 0. The Bertz CT molecular complexity index is 952. The molecular formula is C16H10N4O5S. The Labute approximate surface area is 150 Å². The normalized spacial score (nSPS) is 16.7. The van der Waals surface area contributed by atoms with Crippen molar-refractivity contribution in [2.45, 2.75) is 0 Å². The summed E-state index contributed by atoms with van der Waals surface area (Å²) in [4.78, 5) is 36.9. The molecule has 0 aromatic heterocycles. The summed E-state index contributed by atoms with van der Waals surface area (Å²) in [5.41, 5.74) is 1.03. The first-order chi connectivity index (χ1) is 12.4. The van der Waals surface area contributed by atoms with E-state index in [-0.39, 0.29) is 17.3 Å². The monoisotopic (exact) mass is 370 g/mol. The van der Waals surface area contributed by atoms with Gasteiger partial charge in [-0.3, -0.25) is 25.0 Å². The van der Waals surface area contributed by atoms with E-state index in [1.807, 2.05) is 0 Å². The largest absolute Gasteiger partial charge is 0.300 e. The summed E-state index contributed by atoms with van der Waals surface area (Å²) in [5.74, 6) is -0.339. The van der Waals surface area contributed by atoms with Crippen LogP contribution in [0.3, 0.4) is 0 Å². The lowest BCUT2D eigenvalue weighted by Gasteiger charge is -1.96. The highest BCUT2D eigenvalue weighted by Crippen LogP contribution is 2.29. The molecule has 1 N–H and O–H groups in total. The van der Waals surface area contributed by atoms with Crippen LogP contribution in [-0.4, -0.2) is 20.9 Å². The summed E-state index contributed by atoms with van der Waals surface area (Å²) in [6, 6.07) is 11.4. The van der Waals surface area contributed by atoms with Crippen LogP contribution in [-0.2, 0) is 4.79 Å². The molecule has 0 bridgehead atoms. The highest BCUT2D eigenvalue weighted by molar-refractivity contribution is 8.18. The molecule has 0 saturated carbocycles. The van der Waals surface area contributed by atoms with Gasteiger partial charge in [-0.25, -0.2) is 4.99 Å². The molecule has 2 aromatic rings. The van der Waals surface area contributed by atoms with Crippen molar-refractivity contribution in [2.75, 3.05) is 0 Å². The molecule has 1 fully saturated rings. The molecule has 1 heterocycles. The molecule has 0 unspecified atom stereocenters. The maximum atomic E-state index is 12.0. The van der Waals surface area contributed by atoms with Gasteiger partial charge in [-0.05, 0) is 47.7 Å². The Morgan fingerprint density at radius 3 is 2.00 bits per heavy atom. The van der Waals surface area contributed by atoms with Crippen LogP contribution in [0, 0.1) is 20.2 Å². The van der Waals surface area contributed by atoms with E-state index in [0.29, 0.717) is 21.3 Å². The minimum absolute atomic E-state index is 0.0314. The lowest BCUT2D eigenvalue weighted by molar-refractivity contribution is -0.385. The SMILES string of the molecule is O=C1NC(=Nc2ccc([N+](=O)[O-])cc2)S/C1=C\c1ccc([N+](=O)[O-])cc1. The summed E-state index contributed by atoms with van der Waals surface area (Å²) in [5, 5.41) is 24.2. The smallest absolute Gasteiger partial charge is 0.269 e. The number of thioether (sulfide) groups is 1.